The number of ether oxygens (including phenoxy) is 1. The van der Waals surface area contributed by atoms with Gasteiger partial charge in [-0.2, -0.15) is 4.98 Å². The predicted molar refractivity (Wildman–Crippen MR) is 168 cm³/mol. The van der Waals surface area contributed by atoms with Gasteiger partial charge in [0, 0.05) is 54.8 Å². The second kappa shape index (κ2) is 12.5. The highest BCUT2D eigenvalue weighted by Gasteiger charge is 2.45. The molecule has 5 rings (SSSR count). The molecule has 0 radical (unpaired) electrons. The summed E-state index contributed by atoms with van der Waals surface area (Å²) in [6.45, 7) is 11.6. The third-order valence-corrected chi connectivity index (χ3v) is 8.14. The van der Waals surface area contributed by atoms with Gasteiger partial charge in [0.1, 0.15) is 17.7 Å². The smallest absolute Gasteiger partial charge is 0.326 e. The molecule has 3 aromatic rings. The van der Waals surface area contributed by atoms with Crippen LogP contribution in [0.1, 0.15) is 69.2 Å². The number of hydrogen-bond acceptors (Lipinski definition) is 6. The number of rotatable bonds is 5. The molecule has 43 heavy (non-hydrogen) atoms. The molecule has 2 atom stereocenters. The molecular weight excluding hydrogens is 587 g/mol. The molecule has 11 heteroatoms. The minimum absolute atomic E-state index is 0.00481. The molecule has 0 aliphatic carbocycles. The quantitative estimate of drug-likeness (QED) is 0.332. The predicted octanol–water partition coefficient (Wildman–Crippen LogP) is 6.31. The number of carbonyl (C=O) groups excluding carboxylic acids is 2. The number of urea groups is 1. The lowest BCUT2D eigenvalue weighted by molar-refractivity contribution is -0.130. The van der Waals surface area contributed by atoms with E-state index in [9.17, 15) is 9.59 Å². The van der Waals surface area contributed by atoms with Crippen molar-refractivity contribution in [2.45, 2.75) is 52.1 Å². The minimum Gasteiger partial charge on any atom is -0.477 e. The van der Waals surface area contributed by atoms with Crippen LogP contribution in [0.2, 0.25) is 10.0 Å². The fourth-order valence-electron chi connectivity index (χ4n) is 5.35. The minimum atomic E-state index is -0.511. The topological polar surface area (TPSA) is 91.2 Å². The highest BCUT2D eigenvalue weighted by molar-refractivity contribution is 6.30. The normalized spacial score (nSPS) is 19.0. The number of amides is 3. The Morgan fingerprint density at radius 2 is 1.47 bits per heavy atom. The van der Waals surface area contributed by atoms with Gasteiger partial charge >= 0.3 is 6.03 Å². The average molecular weight is 624 g/mol. The van der Waals surface area contributed by atoms with E-state index < -0.39 is 12.1 Å². The first kappa shape index (κ1) is 30.8. The number of nitrogens with zero attached hydrogens (tertiary/aromatic N) is 6. The molecule has 226 valence electrons. The number of piperazine rings is 1. The van der Waals surface area contributed by atoms with Crippen LogP contribution in [0, 0.1) is 0 Å². The van der Waals surface area contributed by atoms with Crippen molar-refractivity contribution in [1.82, 2.24) is 24.7 Å². The zero-order valence-corrected chi connectivity index (χ0v) is 26.6. The van der Waals surface area contributed by atoms with E-state index in [-0.39, 0.29) is 17.4 Å². The zero-order chi connectivity index (χ0) is 30.9. The lowest BCUT2D eigenvalue weighted by Crippen LogP contribution is -2.55. The van der Waals surface area contributed by atoms with Gasteiger partial charge in [-0.3, -0.25) is 14.7 Å². The zero-order valence-electron chi connectivity index (χ0n) is 25.1. The summed E-state index contributed by atoms with van der Waals surface area (Å²) >= 11 is 12.5. The van der Waals surface area contributed by atoms with Gasteiger partial charge in [-0.15, -0.1) is 0 Å². The standard InChI is InChI=1S/C32H36Cl2N6O3/c1-6-43-29-25(19-35-30(37-29)32(3,4)5)28-36-26(21-7-11-23(33)12-8-21)27(22-9-13-24(34)14-10-22)40(28)31(42)39-17-15-38(16-18-39)20(2)41/h7-14,19,26-27H,6,15-18H2,1-5H3. The maximum Gasteiger partial charge on any atom is 0.326 e. The monoisotopic (exact) mass is 622 g/mol. The van der Waals surface area contributed by atoms with Crippen molar-refractivity contribution in [3.05, 3.63) is 87.3 Å². The summed E-state index contributed by atoms with van der Waals surface area (Å²) in [5.41, 5.74) is 1.97. The van der Waals surface area contributed by atoms with Gasteiger partial charge in [-0.1, -0.05) is 68.2 Å². The molecule has 3 amide bonds. The lowest BCUT2D eigenvalue weighted by Gasteiger charge is -2.38. The van der Waals surface area contributed by atoms with Crippen LogP contribution in [-0.2, 0) is 10.2 Å². The van der Waals surface area contributed by atoms with Crippen molar-refractivity contribution >= 4 is 41.0 Å². The van der Waals surface area contributed by atoms with Gasteiger partial charge in [0.05, 0.1) is 18.2 Å². The van der Waals surface area contributed by atoms with Gasteiger partial charge in [-0.25, -0.2) is 9.78 Å². The molecule has 0 saturated carbocycles. The first-order valence-electron chi connectivity index (χ1n) is 14.4. The van der Waals surface area contributed by atoms with Gasteiger partial charge in [0.25, 0.3) is 0 Å². The molecule has 1 aromatic heterocycles. The maximum absolute atomic E-state index is 14.6. The summed E-state index contributed by atoms with van der Waals surface area (Å²) in [5.74, 6) is 1.41. The van der Waals surface area contributed by atoms with E-state index in [0.29, 0.717) is 65.9 Å². The van der Waals surface area contributed by atoms with Gasteiger partial charge < -0.3 is 14.5 Å². The van der Waals surface area contributed by atoms with Crippen LogP contribution in [0.4, 0.5) is 4.79 Å². The Hall–Kier alpha value is -3.69. The number of aromatic nitrogens is 2. The first-order valence-corrected chi connectivity index (χ1v) is 15.2. The largest absolute Gasteiger partial charge is 0.477 e. The third kappa shape index (κ3) is 6.48. The molecule has 0 bridgehead atoms. The van der Waals surface area contributed by atoms with Crippen molar-refractivity contribution in [2.75, 3.05) is 32.8 Å². The fourth-order valence-corrected chi connectivity index (χ4v) is 5.60. The molecule has 9 nitrogen and oxygen atoms in total. The maximum atomic E-state index is 14.6. The van der Waals surface area contributed by atoms with Crippen molar-refractivity contribution < 1.29 is 14.3 Å². The molecule has 2 unspecified atom stereocenters. The van der Waals surface area contributed by atoms with E-state index in [2.05, 4.69) is 4.98 Å². The van der Waals surface area contributed by atoms with E-state index in [1.807, 2.05) is 76.2 Å². The van der Waals surface area contributed by atoms with Crippen LogP contribution in [0.5, 0.6) is 5.88 Å². The summed E-state index contributed by atoms with van der Waals surface area (Å²) < 4.78 is 6.05. The average Bonchev–Trinajstić information content (AvgIpc) is 3.37. The van der Waals surface area contributed by atoms with Crippen molar-refractivity contribution in [2.24, 2.45) is 4.99 Å². The molecule has 3 heterocycles. The Balaban J connectivity index is 1.67. The van der Waals surface area contributed by atoms with Gasteiger partial charge in [-0.05, 0) is 42.3 Å². The third-order valence-electron chi connectivity index (χ3n) is 7.64. The van der Waals surface area contributed by atoms with Gasteiger partial charge in [0.15, 0.2) is 0 Å². The Labute approximate surface area is 262 Å². The van der Waals surface area contributed by atoms with E-state index in [4.69, 9.17) is 37.9 Å². The molecule has 2 aromatic carbocycles. The van der Waals surface area contributed by atoms with E-state index in [0.717, 1.165) is 11.1 Å². The second-order valence-electron chi connectivity index (χ2n) is 11.7. The van der Waals surface area contributed by atoms with Crippen LogP contribution in [0.25, 0.3) is 0 Å². The Kier molecular flexibility index (Phi) is 8.94. The van der Waals surface area contributed by atoms with Crippen LogP contribution in [-0.4, -0.2) is 75.2 Å². The molecule has 1 fully saturated rings. The number of halogens is 2. The molecule has 0 N–H and O–H groups in total. The molecule has 1 saturated heterocycles. The number of aliphatic imine (C=N–C) groups is 1. The van der Waals surface area contributed by atoms with Crippen molar-refractivity contribution in [3.63, 3.8) is 0 Å². The molecule has 2 aliphatic rings. The van der Waals surface area contributed by atoms with Crippen LogP contribution < -0.4 is 4.74 Å². The highest BCUT2D eigenvalue weighted by atomic mass is 35.5. The summed E-state index contributed by atoms with van der Waals surface area (Å²) in [4.78, 5) is 46.5. The second-order valence-corrected chi connectivity index (χ2v) is 12.6. The van der Waals surface area contributed by atoms with Crippen molar-refractivity contribution in [1.29, 1.82) is 0 Å². The summed E-state index contributed by atoms with van der Waals surface area (Å²) in [5, 5.41) is 1.20. The number of carbonyl (C=O) groups is 2. The lowest BCUT2D eigenvalue weighted by atomic mass is 9.93. The fraction of sp³-hybridized carbons (Fsp3) is 0.406. The summed E-state index contributed by atoms with van der Waals surface area (Å²) in [7, 11) is 0. The van der Waals surface area contributed by atoms with Crippen LogP contribution >= 0.6 is 23.2 Å². The van der Waals surface area contributed by atoms with E-state index in [1.165, 1.54) is 0 Å². The van der Waals surface area contributed by atoms with E-state index in [1.54, 1.807) is 27.8 Å². The Bertz CT molecular complexity index is 1510. The number of benzene rings is 2. The summed E-state index contributed by atoms with van der Waals surface area (Å²) in [6.07, 6.45) is 1.70. The SMILES string of the molecule is CCOc1nc(C(C)(C)C)ncc1C1=NC(c2ccc(Cl)cc2)C(c2ccc(Cl)cc2)N1C(=O)N1CCN(C(C)=O)CC1. The highest BCUT2D eigenvalue weighted by Crippen LogP contribution is 2.45. The number of hydrogen-bond donors (Lipinski definition) is 0. The molecular formula is C32H36Cl2N6O3. The van der Waals surface area contributed by atoms with E-state index >= 15 is 0 Å². The van der Waals surface area contributed by atoms with Gasteiger partial charge in [0.2, 0.25) is 11.8 Å². The number of amidine groups is 1. The van der Waals surface area contributed by atoms with Crippen molar-refractivity contribution in [3.8, 4) is 5.88 Å². The summed E-state index contributed by atoms with van der Waals surface area (Å²) in [6, 6.07) is 13.8. The Morgan fingerprint density at radius 1 is 0.907 bits per heavy atom. The molecule has 0 spiro atoms. The Morgan fingerprint density at radius 3 is 2.00 bits per heavy atom. The van der Waals surface area contributed by atoms with Crippen LogP contribution in [0.3, 0.4) is 0 Å². The molecule has 2 aliphatic heterocycles. The van der Waals surface area contributed by atoms with Crippen LogP contribution in [0.15, 0.2) is 59.7 Å². The first-order chi connectivity index (χ1) is 20.5.